The van der Waals surface area contributed by atoms with Gasteiger partial charge in [-0.25, -0.2) is 4.39 Å². The number of amides is 1. The van der Waals surface area contributed by atoms with Gasteiger partial charge in [-0.05, 0) is 53.5 Å². The molecule has 0 fully saturated rings. The molecule has 1 amide bonds. The van der Waals surface area contributed by atoms with E-state index in [-0.39, 0.29) is 11.7 Å². The third kappa shape index (κ3) is 5.58. The Balaban J connectivity index is 1.48. The number of carbonyl (C=O) groups is 1. The Kier molecular flexibility index (Phi) is 7.35. The van der Waals surface area contributed by atoms with E-state index >= 15 is 4.39 Å². The van der Waals surface area contributed by atoms with Gasteiger partial charge in [0.25, 0.3) is 0 Å². The van der Waals surface area contributed by atoms with Gasteiger partial charge in [-0.3, -0.25) is 14.5 Å². The molecule has 0 bridgehead atoms. The summed E-state index contributed by atoms with van der Waals surface area (Å²) in [6.07, 6.45) is 8.41. The van der Waals surface area contributed by atoms with Gasteiger partial charge < -0.3 is 9.64 Å². The van der Waals surface area contributed by atoms with Crippen LogP contribution in [0.25, 0.3) is 16.7 Å². The summed E-state index contributed by atoms with van der Waals surface area (Å²) in [4.78, 5) is 19.1. The number of hydrogen-bond donors (Lipinski definition) is 0. The van der Waals surface area contributed by atoms with Crippen LogP contribution in [0.2, 0.25) is 0 Å². The molecule has 0 atom stereocenters. The number of nitrogens with zero attached hydrogens (tertiary/aromatic N) is 5. The molecule has 2 aromatic carbocycles. The van der Waals surface area contributed by atoms with E-state index in [1.54, 1.807) is 35.3 Å². The maximum absolute atomic E-state index is 16.1. The lowest BCUT2D eigenvalue weighted by Gasteiger charge is -2.28. The van der Waals surface area contributed by atoms with Gasteiger partial charge in [-0.2, -0.15) is 0 Å². The molecule has 0 saturated heterocycles. The molecule has 0 unspecified atom stereocenters. The maximum atomic E-state index is 16.1. The second-order valence-corrected chi connectivity index (χ2v) is 8.94. The minimum absolute atomic E-state index is 0.0103. The number of halogens is 1. The summed E-state index contributed by atoms with van der Waals surface area (Å²) in [7, 11) is 1.63. The molecule has 2 aromatic heterocycles. The Morgan fingerprint density at radius 2 is 1.95 bits per heavy atom. The van der Waals surface area contributed by atoms with Crippen molar-refractivity contribution in [1.29, 1.82) is 0 Å². The number of pyridine rings is 1. The summed E-state index contributed by atoms with van der Waals surface area (Å²) >= 11 is 0. The number of carbonyl (C=O) groups excluding carboxylic acids is 1. The SMILES string of the molecule is COc1ccccc1-c1cc(Cc2ccccn2)c(F)c(C2=CCCN(C(=O)CCn3ccnn3)C2)c1. The van der Waals surface area contributed by atoms with E-state index in [0.29, 0.717) is 55.8 Å². The predicted octanol–water partition coefficient (Wildman–Crippen LogP) is 4.78. The minimum atomic E-state index is -0.285. The molecule has 3 heterocycles. The first-order chi connectivity index (χ1) is 18.1. The number of rotatable bonds is 8. The zero-order valence-corrected chi connectivity index (χ0v) is 20.7. The quantitative estimate of drug-likeness (QED) is 0.350. The number of benzene rings is 2. The van der Waals surface area contributed by atoms with Gasteiger partial charge in [0, 0.05) is 55.1 Å². The molecule has 8 heteroatoms. The highest BCUT2D eigenvalue weighted by molar-refractivity contribution is 5.82. The minimum Gasteiger partial charge on any atom is -0.496 e. The zero-order chi connectivity index (χ0) is 25.6. The smallest absolute Gasteiger partial charge is 0.224 e. The Hall–Kier alpha value is -4.33. The fraction of sp³-hybridized carbons (Fsp3) is 0.241. The lowest BCUT2D eigenvalue weighted by Crippen LogP contribution is -2.36. The second-order valence-electron chi connectivity index (χ2n) is 8.94. The van der Waals surface area contributed by atoms with Crippen LogP contribution >= 0.6 is 0 Å². The Labute approximate surface area is 215 Å². The van der Waals surface area contributed by atoms with Crippen LogP contribution in [0.1, 0.15) is 29.7 Å². The van der Waals surface area contributed by atoms with Crippen molar-refractivity contribution in [3.05, 3.63) is 102 Å². The molecule has 0 aliphatic carbocycles. The lowest BCUT2D eigenvalue weighted by atomic mass is 9.91. The number of ether oxygens (including phenoxy) is 1. The summed E-state index contributed by atoms with van der Waals surface area (Å²) in [5.74, 6) is 0.440. The van der Waals surface area contributed by atoms with Gasteiger partial charge in [-0.15, -0.1) is 5.10 Å². The van der Waals surface area contributed by atoms with Crippen LogP contribution in [-0.4, -0.2) is 51.0 Å². The normalized spacial score (nSPS) is 13.4. The van der Waals surface area contributed by atoms with Crippen molar-refractivity contribution in [3.63, 3.8) is 0 Å². The highest BCUT2D eigenvalue weighted by Crippen LogP contribution is 2.35. The number of para-hydroxylation sites is 1. The molecule has 1 aliphatic heterocycles. The maximum Gasteiger partial charge on any atom is 0.224 e. The molecular weight excluding hydrogens is 469 g/mol. The first kappa shape index (κ1) is 24.4. The number of aromatic nitrogens is 4. The average Bonchev–Trinajstić information content (AvgIpc) is 3.47. The molecule has 188 valence electrons. The van der Waals surface area contributed by atoms with E-state index in [1.807, 2.05) is 60.7 Å². The van der Waals surface area contributed by atoms with E-state index < -0.39 is 0 Å². The molecule has 0 spiro atoms. The zero-order valence-electron chi connectivity index (χ0n) is 20.7. The van der Waals surface area contributed by atoms with E-state index in [0.717, 1.165) is 22.4 Å². The molecule has 5 rings (SSSR count). The van der Waals surface area contributed by atoms with Crippen molar-refractivity contribution in [2.75, 3.05) is 20.2 Å². The van der Waals surface area contributed by atoms with E-state index in [2.05, 4.69) is 15.3 Å². The number of hydrogen-bond acceptors (Lipinski definition) is 5. The van der Waals surface area contributed by atoms with E-state index in [4.69, 9.17) is 4.74 Å². The van der Waals surface area contributed by atoms with E-state index in [1.165, 1.54) is 0 Å². The Morgan fingerprint density at radius 3 is 2.73 bits per heavy atom. The molecule has 0 N–H and O–H groups in total. The van der Waals surface area contributed by atoms with Crippen molar-refractivity contribution in [3.8, 4) is 16.9 Å². The second kappa shape index (κ2) is 11.2. The monoisotopic (exact) mass is 497 g/mol. The predicted molar refractivity (Wildman–Crippen MR) is 139 cm³/mol. The Morgan fingerprint density at radius 1 is 1.08 bits per heavy atom. The van der Waals surface area contributed by atoms with Crippen LogP contribution in [0.4, 0.5) is 4.39 Å². The highest BCUT2D eigenvalue weighted by atomic mass is 19.1. The lowest BCUT2D eigenvalue weighted by molar-refractivity contribution is -0.131. The van der Waals surface area contributed by atoms with Gasteiger partial charge in [0.05, 0.1) is 19.9 Å². The van der Waals surface area contributed by atoms with E-state index in [9.17, 15) is 4.79 Å². The molecular formula is C29H28FN5O2. The summed E-state index contributed by atoms with van der Waals surface area (Å²) in [5, 5.41) is 7.71. The fourth-order valence-electron chi connectivity index (χ4n) is 4.66. The van der Waals surface area contributed by atoms with Crippen molar-refractivity contribution in [1.82, 2.24) is 24.9 Å². The summed E-state index contributed by atoms with van der Waals surface area (Å²) < 4.78 is 23.3. The van der Waals surface area contributed by atoms with Crippen LogP contribution in [0, 0.1) is 5.82 Å². The molecule has 0 radical (unpaired) electrons. The van der Waals surface area contributed by atoms with Crippen LogP contribution in [0.5, 0.6) is 5.75 Å². The first-order valence-corrected chi connectivity index (χ1v) is 12.3. The van der Waals surface area contributed by atoms with Gasteiger partial charge >= 0.3 is 0 Å². The van der Waals surface area contributed by atoms with Gasteiger partial charge in [0.15, 0.2) is 0 Å². The molecule has 7 nitrogen and oxygen atoms in total. The summed E-state index contributed by atoms with van der Waals surface area (Å²) in [5.41, 5.74) is 4.38. The summed E-state index contributed by atoms with van der Waals surface area (Å²) in [6, 6.07) is 17.1. The standard InChI is InChI=1S/C29H28FN5O2/c1-37-27-10-3-2-9-25(27)22-17-23(18-24-8-4-5-12-31-24)29(30)26(19-22)21-7-6-14-34(20-21)28(36)11-15-35-16-13-32-33-35/h2-5,7-10,12-13,16-17,19H,6,11,14-15,18,20H2,1H3. The van der Waals surface area contributed by atoms with Crippen LogP contribution in [0.15, 0.2) is 79.3 Å². The average molecular weight is 498 g/mol. The van der Waals surface area contributed by atoms with Gasteiger partial charge in [-0.1, -0.05) is 35.6 Å². The van der Waals surface area contributed by atoms with Crippen LogP contribution < -0.4 is 4.74 Å². The molecule has 37 heavy (non-hydrogen) atoms. The largest absolute Gasteiger partial charge is 0.496 e. The van der Waals surface area contributed by atoms with Crippen LogP contribution in [-0.2, 0) is 17.8 Å². The fourth-order valence-corrected chi connectivity index (χ4v) is 4.66. The van der Waals surface area contributed by atoms with Gasteiger partial charge in [0.2, 0.25) is 5.91 Å². The number of methoxy groups -OCH3 is 1. The molecule has 4 aromatic rings. The summed E-state index contributed by atoms with van der Waals surface area (Å²) in [6.45, 7) is 1.42. The van der Waals surface area contributed by atoms with Crippen molar-refractivity contribution in [2.24, 2.45) is 0 Å². The van der Waals surface area contributed by atoms with Crippen molar-refractivity contribution >= 4 is 11.5 Å². The molecule has 0 saturated carbocycles. The van der Waals surface area contributed by atoms with Crippen molar-refractivity contribution in [2.45, 2.75) is 25.8 Å². The highest BCUT2D eigenvalue weighted by Gasteiger charge is 2.23. The third-order valence-electron chi connectivity index (χ3n) is 6.54. The Bertz CT molecular complexity index is 1400. The molecule has 1 aliphatic rings. The van der Waals surface area contributed by atoms with Gasteiger partial charge in [0.1, 0.15) is 11.6 Å². The topological polar surface area (TPSA) is 73.1 Å². The van der Waals surface area contributed by atoms with Crippen molar-refractivity contribution < 1.29 is 13.9 Å². The van der Waals surface area contributed by atoms with Crippen LogP contribution in [0.3, 0.4) is 0 Å². The number of aryl methyl sites for hydroxylation is 1. The third-order valence-corrected chi connectivity index (χ3v) is 6.54. The first-order valence-electron chi connectivity index (χ1n) is 12.3.